The molecule has 0 radical (unpaired) electrons. The van der Waals surface area contributed by atoms with E-state index in [1.165, 1.54) is 15.1 Å². The number of fused-ring (bicyclic) bond motifs is 3. The summed E-state index contributed by atoms with van der Waals surface area (Å²) in [4.78, 5) is 29.1. The molecule has 8 rings (SSSR count). The highest BCUT2D eigenvalue weighted by atomic mass is 32.2. The molecule has 0 spiro atoms. The Morgan fingerprint density at radius 2 is 1.27 bits per heavy atom. The van der Waals surface area contributed by atoms with Crippen LogP contribution in [0.1, 0.15) is 36.8 Å². The van der Waals surface area contributed by atoms with Gasteiger partial charge in [-0.2, -0.15) is 4.99 Å². The van der Waals surface area contributed by atoms with Crippen molar-refractivity contribution >= 4 is 44.2 Å². The van der Waals surface area contributed by atoms with Gasteiger partial charge in [-0.1, -0.05) is 78.9 Å². The van der Waals surface area contributed by atoms with Crippen LogP contribution in [-0.4, -0.2) is 84.2 Å². The second-order valence-corrected chi connectivity index (χ2v) is 15.8. The molecular formula is C40H44N7O3S+. The molecule has 10 nitrogen and oxygen atoms in total. The summed E-state index contributed by atoms with van der Waals surface area (Å²) in [6, 6.07) is 31.6. The smallest absolute Gasteiger partial charge is 0.326 e. The summed E-state index contributed by atoms with van der Waals surface area (Å²) >= 11 is 0. The normalized spacial score (nSPS) is 18.8. The number of amides is 1. The first-order valence-electron chi connectivity index (χ1n) is 17.9. The molecule has 5 aromatic rings. The van der Waals surface area contributed by atoms with E-state index in [4.69, 9.17) is 9.98 Å². The number of nitrogens with zero attached hydrogens (tertiary/aromatic N) is 6. The monoisotopic (exact) mass is 702 g/mol. The summed E-state index contributed by atoms with van der Waals surface area (Å²) in [5.74, 6) is 0.289. The molecule has 3 aliphatic heterocycles. The molecule has 5 heterocycles. The molecule has 2 aromatic heterocycles. The number of carbonyl (C=O) groups is 1. The van der Waals surface area contributed by atoms with Gasteiger partial charge in [-0.3, -0.25) is 14.6 Å². The van der Waals surface area contributed by atoms with Gasteiger partial charge in [0, 0.05) is 78.2 Å². The van der Waals surface area contributed by atoms with Gasteiger partial charge in [0.05, 0.1) is 16.5 Å². The van der Waals surface area contributed by atoms with Gasteiger partial charge in [0.1, 0.15) is 17.8 Å². The molecular weight excluding hydrogens is 659 g/mol. The zero-order chi connectivity index (χ0) is 35.0. The highest BCUT2D eigenvalue weighted by Gasteiger charge is 2.59. The van der Waals surface area contributed by atoms with Gasteiger partial charge in [0.2, 0.25) is 0 Å². The highest BCUT2D eigenvalue weighted by Crippen LogP contribution is 2.52. The third kappa shape index (κ3) is 5.97. The number of nitrogens with one attached hydrogen (secondary N) is 1. The number of aromatic nitrogens is 2. The minimum absolute atomic E-state index is 0.0691. The van der Waals surface area contributed by atoms with Gasteiger partial charge in [0.15, 0.2) is 11.3 Å². The van der Waals surface area contributed by atoms with Gasteiger partial charge < -0.3 is 5.32 Å². The molecule has 0 bridgehead atoms. The maximum Gasteiger partial charge on any atom is 0.326 e. The van der Waals surface area contributed by atoms with Crippen molar-refractivity contribution in [1.29, 1.82) is 0 Å². The molecule has 2 saturated heterocycles. The quantitative estimate of drug-likeness (QED) is 0.198. The number of aliphatic imine (C=N–C) groups is 1. The number of pyridine rings is 1. The van der Waals surface area contributed by atoms with E-state index in [0.717, 1.165) is 76.0 Å². The number of hydrogen-bond donors (Lipinski definition) is 1. The fourth-order valence-electron chi connectivity index (χ4n) is 8.70. The van der Waals surface area contributed by atoms with Gasteiger partial charge in [-0.05, 0) is 29.3 Å². The minimum Gasteiger partial charge on any atom is -0.349 e. The fraction of sp³-hybridized carbons (Fsp3) is 0.325. The largest absolute Gasteiger partial charge is 0.349 e. The Balaban J connectivity index is 1.22. The Labute approximate surface area is 299 Å². The van der Waals surface area contributed by atoms with Gasteiger partial charge in [-0.25, -0.2) is 21.9 Å². The van der Waals surface area contributed by atoms with Crippen LogP contribution in [0.4, 0.5) is 11.4 Å². The summed E-state index contributed by atoms with van der Waals surface area (Å²) in [5, 5.41) is 3.66. The standard InChI is InChI=1S/C40H43N7O3S/c1-41-40(48)39-43-36-27-42-38-35(21-26-46(38)51(49,50)34-15-9-4-10-16-34)37(36)47(39,32-17-22-44(23-18-32)28-30-11-5-2-6-12-30)33-19-24-45(25-20-33)29-31-13-7-3-8-14-31/h2-16,21,26-27,32-33H,17-20,22-25,28-29H2,1H3/p+1. The van der Waals surface area contributed by atoms with E-state index in [2.05, 4.69) is 63.6 Å². The van der Waals surface area contributed by atoms with E-state index < -0.39 is 10.0 Å². The number of hydrogen-bond acceptors (Lipinski definition) is 7. The number of likely N-dealkylation sites (N-methyl/N-ethyl adjacent to an activating group) is 1. The molecule has 2 fully saturated rings. The van der Waals surface area contributed by atoms with Crippen LogP contribution in [0.25, 0.3) is 11.0 Å². The minimum atomic E-state index is -3.92. The van der Waals surface area contributed by atoms with E-state index in [1.54, 1.807) is 49.8 Å². The number of benzene rings is 3. The Morgan fingerprint density at radius 3 is 1.78 bits per heavy atom. The maximum atomic E-state index is 14.1. The summed E-state index contributed by atoms with van der Waals surface area (Å²) in [7, 11) is -2.25. The van der Waals surface area contributed by atoms with Gasteiger partial charge in [0.25, 0.3) is 15.9 Å². The molecule has 51 heavy (non-hydrogen) atoms. The number of amidine groups is 1. The zero-order valence-corrected chi connectivity index (χ0v) is 29.8. The molecule has 3 aromatic carbocycles. The Hall–Kier alpha value is -4.68. The summed E-state index contributed by atoms with van der Waals surface area (Å²) in [6.07, 6.45) is 6.78. The first kappa shape index (κ1) is 33.5. The van der Waals surface area contributed by atoms with Crippen molar-refractivity contribution in [2.75, 3.05) is 33.2 Å². The lowest BCUT2D eigenvalue weighted by Crippen LogP contribution is -2.71. The molecule has 1 amide bonds. The van der Waals surface area contributed by atoms with Crippen molar-refractivity contribution in [2.24, 2.45) is 4.99 Å². The zero-order valence-electron chi connectivity index (χ0n) is 28.9. The summed E-state index contributed by atoms with van der Waals surface area (Å²) < 4.78 is 29.6. The lowest BCUT2D eigenvalue weighted by atomic mass is 9.89. The van der Waals surface area contributed by atoms with Crippen LogP contribution in [0.5, 0.6) is 0 Å². The number of piperidine rings is 2. The van der Waals surface area contributed by atoms with Crippen LogP contribution in [0.15, 0.2) is 119 Å². The Kier molecular flexibility index (Phi) is 9.05. The van der Waals surface area contributed by atoms with Crippen LogP contribution in [-0.2, 0) is 27.9 Å². The van der Waals surface area contributed by atoms with E-state index in [9.17, 15) is 13.2 Å². The van der Waals surface area contributed by atoms with Gasteiger partial charge >= 0.3 is 5.91 Å². The molecule has 3 aliphatic rings. The first-order chi connectivity index (χ1) is 24.9. The number of quaternary nitrogens is 1. The van der Waals surface area contributed by atoms with Crippen molar-refractivity contribution in [1.82, 2.24) is 28.6 Å². The Bertz CT molecular complexity index is 2090. The molecule has 262 valence electrons. The van der Waals surface area contributed by atoms with E-state index in [1.807, 2.05) is 18.2 Å². The van der Waals surface area contributed by atoms with Crippen LogP contribution in [0.2, 0.25) is 0 Å². The third-order valence-corrected chi connectivity index (χ3v) is 12.8. The average molecular weight is 703 g/mol. The number of carbonyl (C=O) groups excluding carboxylic acids is 1. The molecule has 0 atom stereocenters. The third-order valence-electron chi connectivity index (χ3n) is 11.1. The molecule has 0 unspecified atom stereocenters. The lowest BCUT2D eigenvalue weighted by molar-refractivity contribution is -0.115. The second-order valence-electron chi connectivity index (χ2n) is 13.9. The van der Waals surface area contributed by atoms with Crippen molar-refractivity contribution in [3.05, 3.63) is 121 Å². The molecule has 11 heteroatoms. The van der Waals surface area contributed by atoms with Crippen LogP contribution >= 0.6 is 0 Å². The molecule has 0 saturated carbocycles. The van der Waals surface area contributed by atoms with E-state index >= 15 is 0 Å². The first-order valence-corrected chi connectivity index (χ1v) is 19.4. The van der Waals surface area contributed by atoms with E-state index in [0.29, 0.717) is 21.7 Å². The van der Waals surface area contributed by atoms with Crippen molar-refractivity contribution in [3.63, 3.8) is 0 Å². The molecule has 0 aliphatic carbocycles. The summed E-state index contributed by atoms with van der Waals surface area (Å²) in [5.41, 5.74) is 4.49. The predicted molar refractivity (Wildman–Crippen MR) is 201 cm³/mol. The van der Waals surface area contributed by atoms with Gasteiger partial charge in [-0.15, -0.1) is 0 Å². The average Bonchev–Trinajstić information content (AvgIpc) is 3.77. The highest BCUT2D eigenvalue weighted by molar-refractivity contribution is 7.90. The maximum absolute atomic E-state index is 14.1. The lowest BCUT2D eigenvalue weighted by Gasteiger charge is -2.51. The SMILES string of the molecule is CNC(=O)C1=Nc2cnc3c(ccn3S(=O)(=O)c3ccccc3)c2[N+]1(C1CCN(Cc2ccccc2)CC1)C1CCN(Cc2ccccc2)CC1. The fourth-order valence-corrected chi connectivity index (χ4v) is 10.0. The van der Waals surface area contributed by atoms with Crippen LogP contribution in [0.3, 0.4) is 0 Å². The van der Waals surface area contributed by atoms with Crippen molar-refractivity contribution in [3.8, 4) is 0 Å². The van der Waals surface area contributed by atoms with Crippen molar-refractivity contribution in [2.45, 2.75) is 55.8 Å². The second kappa shape index (κ2) is 13.8. The molecule has 1 N–H and O–H groups in total. The van der Waals surface area contributed by atoms with Crippen LogP contribution in [0, 0.1) is 0 Å². The van der Waals surface area contributed by atoms with Crippen molar-refractivity contribution < 1.29 is 13.2 Å². The van der Waals surface area contributed by atoms with Crippen LogP contribution < -0.4 is 9.80 Å². The number of likely N-dealkylation sites (tertiary alicyclic amines) is 2. The summed E-state index contributed by atoms with van der Waals surface area (Å²) in [6.45, 7) is 5.32. The predicted octanol–water partition coefficient (Wildman–Crippen LogP) is 5.70. The van der Waals surface area contributed by atoms with E-state index in [-0.39, 0.29) is 22.9 Å². The Morgan fingerprint density at radius 1 is 0.765 bits per heavy atom. The topological polar surface area (TPSA) is 99.9 Å². The number of rotatable bonds is 9.